The minimum Gasteiger partial charge on any atom is -0.438 e. The molecular formula is C15H17BrN4O. The number of nitrogen functional groups attached to an aromatic ring is 1. The smallest absolute Gasteiger partial charge is 0.227 e. The van der Waals surface area contributed by atoms with Crippen molar-refractivity contribution in [1.29, 1.82) is 0 Å². The van der Waals surface area contributed by atoms with E-state index in [1.165, 1.54) is 0 Å². The molecule has 3 N–H and O–H groups in total. The van der Waals surface area contributed by atoms with Gasteiger partial charge in [-0.3, -0.25) is 0 Å². The molecular weight excluding hydrogens is 332 g/mol. The third-order valence-electron chi connectivity index (χ3n) is 3.54. The van der Waals surface area contributed by atoms with Crippen molar-refractivity contribution < 1.29 is 4.74 Å². The Balaban J connectivity index is 1.98. The van der Waals surface area contributed by atoms with Crippen LogP contribution in [0.25, 0.3) is 0 Å². The van der Waals surface area contributed by atoms with Gasteiger partial charge in [0.15, 0.2) is 5.82 Å². The summed E-state index contributed by atoms with van der Waals surface area (Å²) in [5.41, 5.74) is 4.48. The first kappa shape index (κ1) is 14.3. The molecule has 0 bridgehead atoms. The van der Waals surface area contributed by atoms with Gasteiger partial charge >= 0.3 is 0 Å². The predicted octanol–water partition coefficient (Wildman–Crippen LogP) is 3.81. The average Bonchev–Trinajstić information content (AvgIpc) is 3.28. The van der Waals surface area contributed by atoms with E-state index in [1.54, 1.807) is 0 Å². The number of hydrazine groups is 1. The Hall–Kier alpha value is -1.66. The quantitative estimate of drug-likeness (QED) is 0.649. The summed E-state index contributed by atoms with van der Waals surface area (Å²) in [6, 6.07) is 5.88. The lowest BCUT2D eigenvalue weighted by molar-refractivity contribution is 0.451. The van der Waals surface area contributed by atoms with Gasteiger partial charge in [0.2, 0.25) is 5.88 Å². The Bertz CT molecular complexity index is 686. The van der Waals surface area contributed by atoms with Crippen molar-refractivity contribution in [1.82, 2.24) is 9.97 Å². The molecule has 1 aromatic heterocycles. The first-order valence-electron chi connectivity index (χ1n) is 6.87. The summed E-state index contributed by atoms with van der Waals surface area (Å²) < 4.78 is 7.01. The van der Waals surface area contributed by atoms with E-state index in [2.05, 4.69) is 31.3 Å². The number of aromatic nitrogens is 2. The van der Waals surface area contributed by atoms with E-state index >= 15 is 0 Å². The Kier molecular flexibility index (Phi) is 3.82. The molecule has 5 nitrogen and oxygen atoms in total. The van der Waals surface area contributed by atoms with Crippen LogP contribution in [0.3, 0.4) is 0 Å². The summed E-state index contributed by atoms with van der Waals surface area (Å²) in [5, 5.41) is 0. The minimum atomic E-state index is 0.436. The van der Waals surface area contributed by atoms with Crippen LogP contribution in [0.2, 0.25) is 0 Å². The van der Waals surface area contributed by atoms with Crippen molar-refractivity contribution in [2.24, 2.45) is 5.84 Å². The molecule has 1 heterocycles. The summed E-state index contributed by atoms with van der Waals surface area (Å²) in [4.78, 5) is 9.02. The van der Waals surface area contributed by atoms with Crippen LogP contribution in [0.5, 0.6) is 11.6 Å². The van der Waals surface area contributed by atoms with Crippen LogP contribution in [0, 0.1) is 13.8 Å². The number of aryl methyl sites for hydroxylation is 1. The molecule has 21 heavy (non-hydrogen) atoms. The number of nitrogens with two attached hydrogens (primary N) is 1. The lowest BCUT2D eigenvalue weighted by Crippen LogP contribution is -2.13. The van der Waals surface area contributed by atoms with E-state index in [0.29, 0.717) is 17.6 Å². The lowest BCUT2D eigenvalue weighted by Gasteiger charge is -2.14. The third kappa shape index (κ3) is 3.01. The lowest BCUT2D eigenvalue weighted by atomic mass is 10.2. The number of benzene rings is 1. The number of anilines is 1. The van der Waals surface area contributed by atoms with Crippen molar-refractivity contribution in [2.45, 2.75) is 32.6 Å². The fourth-order valence-electron chi connectivity index (χ4n) is 2.11. The largest absolute Gasteiger partial charge is 0.438 e. The van der Waals surface area contributed by atoms with Crippen molar-refractivity contribution in [3.8, 4) is 11.6 Å². The second kappa shape index (κ2) is 5.61. The number of nitrogens with zero attached hydrogens (tertiary/aromatic N) is 2. The summed E-state index contributed by atoms with van der Waals surface area (Å²) in [5.74, 6) is 8.75. The predicted molar refractivity (Wildman–Crippen MR) is 85.5 cm³/mol. The highest BCUT2D eigenvalue weighted by atomic mass is 79.9. The van der Waals surface area contributed by atoms with E-state index in [-0.39, 0.29) is 0 Å². The third-order valence-corrected chi connectivity index (χ3v) is 4.03. The molecule has 2 aromatic rings. The fraction of sp³-hybridized carbons (Fsp3) is 0.333. The van der Waals surface area contributed by atoms with Gasteiger partial charge in [0, 0.05) is 10.4 Å². The Morgan fingerprint density at radius 2 is 2.05 bits per heavy atom. The molecule has 0 atom stereocenters. The summed E-state index contributed by atoms with van der Waals surface area (Å²) >= 11 is 3.45. The fourth-order valence-corrected chi connectivity index (χ4v) is 2.58. The van der Waals surface area contributed by atoms with Crippen LogP contribution in [-0.2, 0) is 0 Å². The van der Waals surface area contributed by atoms with Crippen molar-refractivity contribution >= 4 is 21.7 Å². The van der Waals surface area contributed by atoms with Crippen LogP contribution in [0.1, 0.15) is 35.7 Å². The molecule has 0 spiro atoms. The standard InChI is InChI=1S/C15H17BrN4O/c1-8-7-11(16)5-6-12(8)21-15-9(2)13(20-17)18-14(19-15)10-3-4-10/h5-7,10H,3-4,17H2,1-2H3,(H,18,19,20). The summed E-state index contributed by atoms with van der Waals surface area (Å²) in [7, 11) is 0. The molecule has 3 rings (SSSR count). The van der Waals surface area contributed by atoms with E-state index in [4.69, 9.17) is 10.6 Å². The van der Waals surface area contributed by atoms with E-state index in [0.717, 1.165) is 40.0 Å². The molecule has 0 saturated heterocycles. The van der Waals surface area contributed by atoms with Crippen molar-refractivity contribution in [3.05, 3.63) is 39.6 Å². The average molecular weight is 349 g/mol. The highest BCUT2D eigenvalue weighted by molar-refractivity contribution is 9.10. The van der Waals surface area contributed by atoms with Crippen LogP contribution in [0.15, 0.2) is 22.7 Å². The zero-order valence-electron chi connectivity index (χ0n) is 12.0. The topological polar surface area (TPSA) is 73.1 Å². The zero-order chi connectivity index (χ0) is 15.0. The minimum absolute atomic E-state index is 0.436. The molecule has 0 radical (unpaired) electrons. The van der Waals surface area contributed by atoms with Crippen LogP contribution < -0.4 is 16.0 Å². The molecule has 1 aliphatic carbocycles. The second-order valence-electron chi connectivity index (χ2n) is 5.29. The van der Waals surface area contributed by atoms with Gasteiger partial charge in [-0.1, -0.05) is 15.9 Å². The van der Waals surface area contributed by atoms with Crippen LogP contribution in [0.4, 0.5) is 5.82 Å². The first-order valence-corrected chi connectivity index (χ1v) is 7.67. The summed E-state index contributed by atoms with van der Waals surface area (Å²) in [6.45, 7) is 3.90. The highest BCUT2D eigenvalue weighted by Gasteiger charge is 2.28. The van der Waals surface area contributed by atoms with Crippen LogP contribution in [-0.4, -0.2) is 9.97 Å². The number of hydrogen-bond acceptors (Lipinski definition) is 5. The SMILES string of the molecule is Cc1cc(Br)ccc1Oc1nc(C2CC2)nc(NN)c1C. The zero-order valence-corrected chi connectivity index (χ0v) is 13.6. The molecule has 0 unspecified atom stereocenters. The molecule has 1 saturated carbocycles. The van der Waals surface area contributed by atoms with Gasteiger partial charge < -0.3 is 10.2 Å². The monoisotopic (exact) mass is 348 g/mol. The molecule has 0 amide bonds. The van der Waals surface area contributed by atoms with Gasteiger partial charge in [-0.2, -0.15) is 4.98 Å². The van der Waals surface area contributed by atoms with Gasteiger partial charge in [-0.15, -0.1) is 0 Å². The molecule has 1 fully saturated rings. The number of hydrogen-bond donors (Lipinski definition) is 2. The Labute approximate surface area is 132 Å². The maximum Gasteiger partial charge on any atom is 0.227 e. The van der Waals surface area contributed by atoms with Gasteiger partial charge in [0.1, 0.15) is 11.6 Å². The molecule has 110 valence electrons. The molecule has 6 heteroatoms. The van der Waals surface area contributed by atoms with E-state index < -0.39 is 0 Å². The van der Waals surface area contributed by atoms with Crippen molar-refractivity contribution in [2.75, 3.05) is 5.43 Å². The summed E-state index contributed by atoms with van der Waals surface area (Å²) in [6.07, 6.45) is 2.26. The van der Waals surface area contributed by atoms with E-state index in [9.17, 15) is 0 Å². The normalized spacial score (nSPS) is 14.1. The number of nitrogens with one attached hydrogen (secondary N) is 1. The molecule has 1 aliphatic rings. The van der Waals surface area contributed by atoms with Gasteiger partial charge in [0.05, 0.1) is 5.56 Å². The van der Waals surface area contributed by atoms with Gasteiger partial charge in [-0.05, 0) is 50.5 Å². The molecule has 1 aromatic carbocycles. The maximum absolute atomic E-state index is 5.99. The maximum atomic E-state index is 5.99. The number of rotatable bonds is 4. The van der Waals surface area contributed by atoms with Crippen LogP contribution >= 0.6 is 15.9 Å². The Morgan fingerprint density at radius 1 is 1.29 bits per heavy atom. The van der Waals surface area contributed by atoms with Gasteiger partial charge in [0.25, 0.3) is 0 Å². The number of ether oxygens (including phenoxy) is 1. The van der Waals surface area contributed by atoms with Crippen molar-refractivity contribution in [3.63, 3.8) is 0 Å². The van der Waals surface area contributed by atoms with Gasteiger partial charge in [-0.25, -0.2) is 10.8 Å². The molecule has 0 aliphatic heterocycles. The first-order chi connectivity index (χ1) is 10.1. The number of halogens is 1. The Morgan fingerprint density at radius 3 is 2.67 bits per heavy atom. The second-order valence-corrected chi connectivity index (χ2v) is 6.21. The highest BCUT2D eigenvalue weighted by Crippen LogP contribution is 2.40. The van der Waals surface area contributed by atoms with E-state index in [1.807, 2.05) is 32.0 Å².